The van der Waals surface area contributed by atoms with Crippen molar-refractivity contribution in [1.29, 1.82) is 0 Å². The molecule has 110 valence electrons. The normalized spacial score (nSPS) is 11.8. The predicted molar refractivity (Wildman–Crippen MR) is 92.1 cm³/mol. The first-order chi connectivity index (χ1) is 9.10. The molecule has 1 unspecified atom stereocenters. The fraction of sp³-hybridized carbons (Fsp3) is 0.333. The molecule has 0 saturated heterocycles. The molecule has 0 radical (unpaired) electrons. The van der Waals surface area contributed by atoms with E-state index in [0.29, 0.717) is 11.7 Å². The van der Waals surface area contributed by atoms with E-state index in [1.165, 1.54) is 11.3 Å². The Kier molecular flexibility index (Phi) is 7.11. The molecular weight excluding hydrogens is 382 g/mol. The van der Waals surface area contributed by atoms with Crippen molar-refractivity contribution in [3.8, 4) is 10.6 Å². The molecule has 0 fully saturated rings. The van der Waals surface area contributed by atoms with Gasteiger partial charge in [0.25, 0.3) is 0 Å². The van der Waals surface area contributed by atoms with Gasteiger partial charge in [-0.3, -0.25) is 4.79 Å². The Morgan fingerprint density at radius 1 is 1.45 bits per heavy atom. The van der Waals surface area contributed by atoms with Crippen molar-refractivity contribution in [2.45, 2.75) is 6.92 Å². The average Bonchev–Trinajstić information content (AvgIpc) is 2.98. The molecule has 1 amide bonds. The smallest absolute Gasteiger partial charge is 0.230 e. The van der Waals surface area contributed by atoms with Gasteiger partial charge in [-0.1, -0.05) is 6.92 Å². The van der Waals surface area contributed by atoms with E-state index >= 15 is 0 Å². The molecule has 2 aromatic rings. The van der Waals surface area contributed by atoms with Crippen molar-refractivity contribution in [3.63, 3.8) is 0 Å². The molecule has 1 atom stereocenters. The van der Waals surface area contributed by atoms with E-state index in [-0.39, 0.29) is 24.2 Å². The molecule has 4 nitrogen and oxygen atoms in total. The number of thiophene rings is 1. The van der Waals surface area contributed by atoms with Crippen molar-refractivity contribution in [1.82, 2.24) is 10.3 Å². The Morgan fingerprint density at radius 2 is 2.20 bits per heavy atom. The third-order valence-electron chi connectivity index (χ3n) is 2.51. The van der Waals surface area contributed by atoms with Crippen molar-refractivity contribution >= 4 is 62.0 Å². The zero-order valence-corrected chi connectivity index (χ0v) is 15.0. The third kappa shape index (κ3) is 4.53. The lowest BCUT2D eigenvalue weighted by atomic mass is 10.2. The number of nitrogens with zero attached hydrogens (tertiary/aromatic N) is 1. The minimum atomic E-state index is -0.0757. The van der Waals surface area contributed by atoms with E-state index in [0.717, 1.165) is 15.0 Å². The monoisotopic (exact) mass is 395 g/mol. The van der Waals surface area contributed by atoms with Crippen molar-refractivity contribution in [3.05, 3.63) is 21.3 Å². The second-order valence-corrected chi connectivity index (χ2v) is 6.80. The van der Waals surface area contributed by atoms with Gasteiger partial charge in [0.05, 0.1) is 10.6 Å². The van der Waals surface area contributed by atoms with Crippen LogP contribution in [0, 0.1) is 5.92 Å². The number of hydrogen-bond acceptors (Lipinski definition) is 5. The summed E-state index contributed by atoms with van der Waals surface area (Å²) in [7, 11) is 1.83. The number of thiazole rings is 1. The lowest BCUT2D eigenvalue weighted by Gasteiger charge is -2.09. The highest BCUT2D eigenvalue weighted by molar-refractivity contribution is 9.10. The van der Waals surface area contributed by atoms with Gasteiger partial charge in [-0.2, -0.15) is 0 Å². The number of aromatic nitrogens is 1. The molecule has 8 heteroatoms. The minimum absolute atomic E-state index is 0. The third-order valence-corrected chi connectivity index (χ3v) is 4.98. The Labute approximate surface area is 140 Å². The van der Waals surface area contributed by atoms with E-state index in [4.69, 9.17) is 0 Å². The summed E-state index contributed by atoms with van der Waals surface area (Å²) in [5.41, 5.74) is 0.900. The van der Waals surface area contributed by atoms with Crippen molar-refractivity contribution in [2.75, 3.05) is 18.9 Å². The predicted octanol–water partition coefficient (Wildman–Crippen LogP) is 3.85. The average molecular weight is 397 g/mol. The van der Waals surface area contributed by atoms with Gasteiger partial charge in [0.2, 0.25) is 5.91 Å². The van der Waals surface area contributed by atoms with E-state index in [1.54, 1.807) is 11.3 Å². The zero-order chi connectivity index (χ0) is 13.8. The fourth-order valence-electron chi connectivity index (χ4n) is 1.52. The number of rotatable bonds is 5. The molecule has 2 heterocycles. The highest BCUT2D eigenvalue weighted by Crippen LogP contribution is 2.32. The van der Waals surface area contributed by atoms with E-state index < -0.39 is 0 Å². The number of hydrogen-bond donors (Lipinski definition) is 2. The highest BCUT2D eigenvalue weighted by Gasteiger charge is 2.14. The first kappa shape index (κ1) is 17.6. The summed E-state index contributed by atoms with van der Waals surface area (Å²) in [6.45, 7) is 2.54. The van der Waals surface area contributed by atoms with Crippen LogP contribution in [0.1, 0.15) is 6.92 Å². The summed E-state index contributed by atoms with van der Waals surface area (Å²) in [5.74, 6) is -0.0872. The van der Waals surface area contributed by atoms with Crippen LogP contribution in [0.2, 0.25) is 0 Å². The zero-order valence-electron chi connectivity index (χ0n) is 11.0. The molecular formula is C12H15BrClN3OS2. The molecule has 0 bridgehead atoms. The van der Waals surface area contributed by atoms with Gasteiger partial charge in [0.1, 0.15) is 0 Å². The van der Waals surface area contributed by atoms with E-state index in [2.05, 4.69) is 31.5 Å². The van der Waals surface area contributed by atoms with Gasteiger partial charge in [0, 0.05) is 27.7 Å². The molecule has 0 aliphatic rings. The second-order valence-electron chi connectivity index (χ2n) is 4.12. The number of halogens is 2. The lowest BCUT2D eigenvalue weighted by molar-refractivity contribution is -0.119. The summed E-state index contributed by atoms with van der Waals surface area (Å²) in [6.07, 6.45) is 0. The van der Waals surface area contributed by atoms with Crippen LogP contribution in [-0.2, 0) is 4.79 Å². The van der Waals surface area contributed by atoms with Gasteiger partial charge in [-0.05, 0) is 29.0 Å². The number of nitrogens with one attached hydrogen (secondary N) is 2. The van der Waals surface area contributed by atoms with Crippen LogP contribution in [-0.4, -0.2) is 24.5 Å². The molecule has 0 spiro atoms. The van der Waals surface area contributed by atoms with Crippen LogP contribution < -0.4 is 10.6 Å². The quantitative estimate of drug-likeness (QED) is 0.807. The van der Waals surface area contributed by atoms with Gasteiger partial charge in [-0.25, -0.2) is 4.98 Å². The van der Waals surface area contributed by atoms with Crippen LogP contribution in [0.25, 0.3) is 10.6 Å². The highest BCUT2D eigenvalue weighted by atomic mass is 79.9. The molecule has 0 aromatic carbocycles. The van der Waals surface area contributed by atoms with Crippen LogP contribution in [0.15, 0.2) is 21.3 Å². The topological polar surface area (TPSA) is 54.0 Å². The van der Waals surface area contributed by atoms with Gasteiger partial charge in [-0.15, -0.1) is 35.1 Å². The maximum atomic E-state index is 11.9. The Bertz CT molecular complexity index is 573. The summed E-state index contributed by atoms with van der Waals surface area (Å²) < 4.78 is 1.05. The summed E-state index contributed by atoms with van der Waals surface area (Å²) in [4.78, 5) is 17.4. The number of anilines is 1. The number of amides is 1. The largest absolute Gasteiger partial charge is 0.319 e. The minimum Gasteiger partial charge on any atom is -0.319 e. The standard InChI is InChI=1S/C12H14BrN3OS2.ClH/c1-7(4-14-2)11(17)16-12-15-9(6-19-12)10-3-8(13)5-18-10;/h3,5-7,14H,4H2,1-2H3,(H,15,16,17);1H. The lowest BCUT2D eigenvalue weighted by Crippen LogP contribution is -2.28. The SMILES string of the molecule is CNCC(C)C(=O)Nc1nc(-c2cc(Br)cs2)cs1.Cl. The number of carbonyl (C=O) groups is 1. The van der Waals surface area contributed by atoms with Crippen LogP contribution >= 0.6 is 51.0 Å². The first-order valence-electron chi connectivity index (χ1n) is 5.75. The Morgan fingerprint density at radius 3 is 2.80 bits per heavy atom. The summed E-state index contributed by atoms with van der Waals surface area (Å²) in [6, 6.07) is 2.02. The maximum Gasteiger partial charge on any atom is 0.230 e. The van der Waals surface area contributed by atoms with Gasteiger partial charge in [0.15, 0.2) is 5.13 Å². The maximum absolute atomic E-state index is 11.9. The van der Waals surface area contributed by atoms with Crippen LogP contribution in [0.3, 0.4) is 0 Å². The Hall–Kier alpha value is -0.470. The molecule has 20 heavy (non-hydrogen) atoms. The molecule has 0 aliphatic heterocycles. The summed E-state index contributed by atoms with van der Waals surface area (Å²) in [5, 5.41) is 10.4. The first-order valence-corrected chi connectivity index (χ1v) is 8.30. The van der Waals surface area contributed by atoms with Gasteiger partial charge >= 0.3 is 0 Å². The van der Waals surface area contributed by atoms with Crippen molar-refractivity contribution < 1.29 is 4.79 Å². The number of carbonyl (C=O) groups excluding carboxylic acids is 1. The molecule has 2 aromatic heterocycles. The van der Waals surface area contributed by atoms with E-state index in [9.17, 15) is 4.79 Å². The second kappa shape index (κ2) is 8.09. The van der Waals surface area contributed by atoms with E-state index in [1.807, 2.05) is 30.8 Å². The van der Waals surface area contributed by atoms with Crippen molar-refractivity contribution in [2.24, 2.45) is 5.92 Å². The Balaban J connectivity index is 0.00000200. The van der Waals surface area contributed by atoms with Crippen LogP contribution in [0.5, 0.6) is 0 Å². The molecule has 0 aliphatic carbocycles. The fourth-order valence-corrected chi connectivity index (χ4v) is 3.70. The molecule has 2 rings (SSSR count). The van der Waals surface area contributed by atoms with Crippen LogP contribution in [0.4, 0.5) is 5.13 Å². The molecule has 2 N–H and O–H groups in total. The molecule has 0 saturated carbocycles. The van der Waals surface area contributed by atoms with Gasteiger partial charge < -0.3 is 10.6 Å². The summed E-state index contributed by atoms with van der Waals surface area (Å²) >= 11 is 6.49.